The topological polar surface area (TPSA) is 70.3 Å². The average molecular weight is 345 g/mol. The normalized spacial score (nSPS) is 10.9. The lowest BCUT2D eigenvalue weighted by atomic mass is 10.2. The molecule has 0 fully saturated rings. The number of ether oxygens (including phenoxy) is 2. The third-order valence-corrected chi connectivity index (χ3v) is 4.10. The van der Waals surface area contributed by atoms with E-state index in [0.29, 0.717) is 19.0 Å². The van der Waals surface area contributed by atoms with Crippen LogP contribution in [0.25, 0.3) is 21.8 Å². The van der Waals surface area contributed by atoms with Gasteiger partial charge >= 0.3 is 0 Å². The minimum atomic E-state index is 0.486. The van der Waals surface area contributed by atoms with Crippen molar-refractivity contribution in [3.63, 3.8) is 0 Å². The highest BCUT2D eigenvalue weighted by atomic mass is 16.5. The van der Waals surface area contributed by atoms with Gasteiger partial charge < -0.3 is 15.2 Å². The van der Waals surface area contributed by atoms with Crippen molar-refractivity contribution in [3.05, 3.63) is 66.9 Å². The molecule has 4 rings (SSSR count). The van der Waals surface area contributed by atoms with Crippen LogP contribution in [0.5, 0.6) is 11.5 Å². The number of anilines is 1. The molecule has 0 saturated carbocycles. The number of aromatic nitrogens is 2. The Labute approximate surface area is 151 Å². The van der Waals surface area contributed by atoms with Crippen molar-refractivity contribution in [2.75, 3.05) is 18.9 Å². The molecular formula is C21H19N3O2. The fourth-order valence-corrected chi connectivity index (χ4v) is 2.87. The Balaban J connectivity index is 1.37. The number of benzene rings is 2. The highest BCUT2D eigenvalue weighted by Crippen LogP contribution is 2.25. The Morgan fingerprint density at radius 3 is 2.15 bits per heavy atom. The number of fused-ring (bicyclic) bond motifs is 2. The van der Waals surface area contributed by atoms with Crippen LogP contribution in [0.2, 0.25) is 0 Å². The average Bonchev–Trinajstić information content (AvgIpc) is 2.68. The minimum absolute atomic E-state index is 0.486. The molecule has 26 heavy (non-hydrogen) atoms. The molecule has 0 radical (unpaired) electrons. The molecule has 2 N–H and O–H groups in total. The molecule has 4 aromatic rings. The van der Waals surface area contributed by atoms with Gasteiger partial charge in [-0.1, -0.05) is 30.3 Å². The van der Waals surface area contributed by atoms with Crippen LogP contribution < -0.4 is 15.2 Å². The lowest BCUT2D eigenvalue weighted by molar-refractivity contribution is 0.250. The third kappa shape index (κ3) is 3.37. The lowest BCUT2D eigenvalue weighted by Crippen LogP contribution is -2.06. The fourth-order valence-electron chi connectivity index (χ4n) is 2.87. The van der Waals surface area contributed by atoms with Gasteiger partial charge in [0.15, 0.2) is 0 Å². The van der Waals surface area contributed by atoms with E-state index in [1.807, 2.05) is 54.6 Å². The number of para-hydroxylation sites is 2. The van der Waals surface area contributed by atoms with Crippen LogP contribution >= 0.6 is 0 Å². The van der Waals surface area contributed by atoms with E-state index < -0.39 is 0 Å². The Hall–Kier alpha value is -3.34. The zero-order valence-electron chi connectivity index (χ0n) is 14.3. The van der Waals surface area contributed by atoms with Crippen LogP contribution in [-0.2, 0) is 0 Å². The first kappa shape index (κ1) is 16.1. The van der Waals surface area contributed by atoms with Crippen LogP contribution in [0.4, 0.5) is 5.82 Å². The first-order valence-electron chi connectivity index (χ1n) is 8.56. The van der Waals surface area contributed by atoms with E-state index in [1.54, 1.807) is 12.3 Å². The molecule has 0 aliphatic rings. The number of nitrogens with two attached hydrogens (primary N) is 1. The number of pyridine rings is 2. The number of hydrogen-bond donors (Lipinski definition) is 1. The smallest absolute Gasteiger partial charge is 0.145 e. The van der Waals surface area contributed by atoms with E-state index >= 15 is 0 Å². The van der Waals surface area contributed by atoms with Crippen molar-refractivity contribution in [2.45, 2.75) is 6.42 Å². The van der Waals surface area contributed by atoms with Crippen molar-refractivity contribution >= 4 is 27.6 Å². The zero-order chi connectivity index (χ0) is 17.8. The molecular weight excluding hydrogens is 326 g/mol. The Morgan fingerprint density at radius 2 is 1.38 bits per heavy atom. The second kappa shape index (κ2) is 7.27. The predicted octanol–water partition coefficient (Wildman–Crippen LogP) is 4.21. The summed E-state index contributed by atoms with van der Waals surface area (Å²) >= 11 is 0. The molecule has 5 heteroatoms. The molecule has 130 valence electrons. The first-order valence-corrected chi connectivity index (χ1v) is 8.56. The summed E-state index contributed by atoms with van der Waals surface area (Å²) in [5.41, 5.74) is 7.45. The maximum atomic E-state index is 5.89. The summed E-state index contributed by atoms with van der Waals surface area (Å²) in [6.45, 7) is 1.09. The molecule has 5 nitrogen and oxygen atoms in total. The van der Waals surface area contributed by atoms with E-state index in [0.717, 1.165) is 39.7 Å². The van der Waals surface area contributed by atoms with E-state index in [2.05, 4.69) is 9.97 Å². The van der Waals surface area contributed by atoms with E-state index in [9.17, 15) is 0 Å². The number of nitrogens with zero attached hydrogens (tertiary/aromatic N) is 2. The molecule has 0 amide bonds. The molecule has 0 spiro atoms. The molecule has 0 saturated heterocycles. The molecule has 0 unspecified atom stereocenters. The highest BCUT2D eigenvalue weighted by molar-refractivity contribution is 5.85. The molecule has 2 aromatic heterocycles. The van der Waals surface area contributed by atoms with Gasteiger partial charge in [0.2, 0.25) is 0 Å². The summed E-state index contributed by atoms with van der Waals surface area (Å²) in [7, 11) is 0. The van der Waals surface area contributed by atoms with Gasteiger partial charge in [-0.3, -0.25) is 4.98 Å². The van der Waals surface area contributed by atoms with Crippen molar-refractivity contribution in [1.29, 1.82) is 0 Å². The van der Waals surface area contributed by atoms with Gasteiger partial charge in [0.1, 0.15) is 28.4 Å². The van der Waals surface area contributed by atoms with Gasteiger partial charge in [-0.05, 0) is 30.3 Å². The van der Waals surface area contributed by atoms with Crippen molar-refractivity contribution < 1.29 is 9.47 Å². The molecule has 0 bridgehead atoms. The third-order valence-electron chi connectivity index (χ3n) is 4.10. The van der Waals surface area contributed by atoms with Gasteiger partial charge in [-0.25, -0.2) is 4.98 Å². The highest BCUT2D eigenvalue weighted by Gasteiger charge is 2.05. The Bertz CT molecular complexity index is 1040. The Morgan fingerprint density at radius 1 is 0.731 bits per heavy atom. The van der Waals surface area contributed by atoms with Gasteiger partial charge in [0.25, 0.3) is 0 Å². The molecule has 0 atom stereocenters. The van der Waals surface area contributed by atoms with Crippen LogP contribution in [0.1, 0.15) is 6.42 Å². The van der Waals surface area contributed by atoms with E-state index in [1.165, 1.54) is 0 Å². The number of nitrogen functional groups attached to an aromatic ring is 1. The SMILES string of the molecule is Nc1ccc2cccc(OCCCOc3cccc4cccnc34)c2n1. The Kier molecular flexibility index (Phi) is 4.51. The maximum absolute atomic E-state index is 5.89. The first-order chi connectivity index (χ1) is 12.8. The summed E-state index contributed by atoms with van der Waals surface area (Å²) in [5, 5.41) is 2.08. The van der Waals surface area contributed by atoms with Crippen LogP contribution in [0.3, 0.4) is 0 Å². The maximum Gasteiger partial charge on any atom is 0.145 e. The summed E-state index contributed by atoms with van der Waals surface area (Å²) in [6.07, 6.45) is 2.53. The summed E-state index contributed by atoms with van der Waals surface area (Å²) in [5.74, 6) is 2.02. The van der Waals surface area contributed by atoms with E-state index in [-0.39, 0.29) is 0 Å². The minimum Gasteiger partial charge on any atom is -0.491 e. The summed E-state index contributed by atoms with van der Waals surface area (Å²) in [6, 6.07) is 19.5. The second-order valence-corrected chi connectivity index (χ2v) is 5.95. The van der Waals surface area contributed by atoms with Crippen LogP contribution in [0, 0.1) is 0 Å². The van der Waals surface area contributed by atoms with E-state index in [4.69, 9.17) is 15.2 Å². The second-order valence-electron chi connectivity index (χ2n) is 5.95. The van der Waals surface area contributed by atoms with Crippen molar-refractivity contribution in [3.8, 4) is 11.5 Å². The van der Waals surface area contributed by atoms with Gasteiger partial charge in [0.05, 0.1) is 13.2 Å². The largest absolute Gasteiger partial charge is 0.491 e. The standard InChI is InChI=1S/C21H19N3O2/c22-19-11-10-16-6-2-9-18(21(16)24-19)26-14-4-13-25-17-8-1-5-15-7-3-12-23-20(15)17/h1-3,5-12H,4,13-14H2,(H2,22,24). The zero-order valence-corrected chi connectivity index (χ0v) is 14.3. The molecule has 0 aliphatic carbocycles. The van der Waals surface area contributed by atoms with Gasteiger partial charge in [-0.2, -0.15) is 0 Å². The molecule has 0 aliphatic heterocycles. The van der Waals surface area contributed by atoms with Crippen molar-refractivity contribution in [1.82, 2.24) is 9.97 Å². The lowest BCUT2D eigenvalue weighted by Gasteiger charge is -2.11. The number of hydrogen-bond acceptors (Lipinski definition) is 5. The van der Waals surface area contributed by atoms with Crippen LogP contribution in [-0.4, -0.2) is 23.2 Å². The van der Waals surface area contributed by atoms with Gasteiger partial charge in [-0.15, -0.1) is 0 Å². The molecule has 2 aromatic carbocycles. The summed E-state index contributed by atoms with van der Waals surface area (Å²) < 4.78 is 11.8. The monoisotopic (exact) mass is 345 g/mol. The summed E-state index contributed by atoms with van der Waals surface area (Å²) in [4.78, 5) is 8.76. The fraction of sp³-hybridized carbons (Fsp3) is 0.143. The quantitative estimate of drug-likeness (QED) is 0.530. The van der Waals surface area contributed by atoms with Crippen LogP contribution in [0.15, 0.2) is 66.9 Å². The number of rotatable bonds is 6. The van der Waals surface area contributed by atoms with Gasteiger partial charge in [0, 0.05) is 23.4 Å². The predicted molar refractivity (Wildman–Crippen MR) is 104 cm³/mol. The molecule has 2 heterocycles. The van der Waals surface area contributed by atoms with Crippen molar-refractivity contribution in [2.24, 2.45) is 0 Å².